The van der Waals surface area contributed by atoms with Crippen LogP contribution in [-0.4, -0.2) is 41.3 Å². The summed E-state index contributed by atoms with van der Waals surface area (Å²) in [7, 11) is 0. The molecule has 2 aliphatic heterocycles. The fourth-order valence-electron chi connectivity index (χ4n) is 3.89. The van der Waals surface area contributed by atoms with Crippen molar-refractivity contribution >= 4 is 33.3 Å². The summed E-state index contributed by atoms with van der Waals surface area (Å²) in [6.07, 6.45) is 4.92. The van der Waals surface area contributed by atoms with Gasteiger partial charge in [0.25, 0.3) is 0 Å². The first-order chi connectivity index (χ1) is 13.8. The molecule has 0 bridgehead atoms. The van der Waals surface area contributed by atoms with Crippen LogP contribution in [0.1, 0.15) is 63.4 Å². The molecule has 2 aliphatic rings. The monoisotopic (exact) mass is 414 g/mol. The summed E-state index contributed by atoms with van der Waals surface area (Å²) in [6, 6.07) is 6.36. The highest BCUT2D eigenvalue weighted by Crippen LogP contribution is 2.36. The molecule has 156 valence electrons. The van der Waals surface area contributed by atoms with Gasteiger partial charge in [0.15, 0.2) is 0 Å². The number of allylic oxidation sites excluding steroid dienone is 1. The average Bonchev–Trinajstić information content (AvgIpc) is 3.10. The Morgan fingerprint density at radius 3 is 2.76 bits per heavy atom. The molecule has 5 nitrogen and oxygen atoms in total. The third-order valence-electron chi connectivity index (χ3n) is 5.38. The summed E-state index contributed by atoms with van der Waals surface area (Å²) < 4.78 is 12.4. The number of hydrogen-bond donors (Lipinski definition) is 0. The van der Waals surface area contributed by atoms with Crippen molar-refractivity contribution in [2.45, 2.75) is 58.5 Å². The third-order valence-corrected chi connectivity index (χ3v) is 6.58. The zero-order chi connectivity index (χ0) is 20.6. The lowest BCUT2D eigenvalue weighted by molar-refractivity contribution is 0.0327. The highest BCUT2D eigenvalue weighted by Gasteiger charge is 2.29. The number of ether oxygens (including phenoxy) is 2. The largest absolute Gasteiger partial charge is 0.443 e. The predicted molar refractivity (Wildman–Crippen MR) is 117 cm³/mol. The van der Waals surface area contributed by atoms with Gasteiger partial charge in [-0.3, -0.25) is 4.90 Å². The molecule has 1 saturated heterocycles. The minimum absolute atomic E-state index is 0.281. The average molecular weight is 415 g/mol. The number of fused-ring (bicyclic) bond motifs is 1. The lowest BCUT2D eigenvalue weighted by Crippen LogP contribution is -2.39. The maximum atomic E-state index is 12.9. The van der Waals surface area contributed by atoms with Gasteiger partial charge in [-0.1, -0.05) is 19.1 Å². The maximum absolute atomic E-state index is 12.9. The third kappa shape index (κ3) is 4.64. The fraction of sp³-hybridized carbons (Fsp3) is 0.565. The summed E-state index contributed by atoms with van der Waals surface area (Å²) in [4.78, 5) is 19.6. The van der Waals surface area contributed by atoms with E-state index in [0.29, 0.717) is 18.4 Å². The lowest BCUT2D eigenvalue weighted by atomic mass is 9.98. The van der Waals surface area contributed by atoms with Gasteiger partial charge in [-0.25, -0.2) is 9.78 Å². The molecule has 1 amide bonds. The van der Waals surface area contributed by atoms with Gasteiger partial charge >= 0.3 is 6.09 Å². The van der Waals surface area contributed by atoms with Crippen molar-refractivity contribution < 1.29 is 14.3 Å². The van der Waals surface area contributed by atoms with Gasteiger partial charge in [-0.15, -0.1) is 11.3 Å². The van der Waals surface area contributed by atoms with Gasteiger partial charge in [-0.2, -0.15) is 0 Å². The fourth-order valence-corrected chi connectivity index (χ4v) is 5.01. The predicted octanol–water partition coefficient (Wildman–Crippen LogP) is 5.81. The molecule has 0 N–H and O–H groups in total. The van der Waals surface area contributed by atoms with Crippen LogP contribution in [0, 0.1) is 5.92 Å². The highest BCUT2D eigenvalue weighted by molar-refractivity contribution is 7.18. The van der Waals surface area contributed by atoms with Crippen LogP contribution < -0.4 is 0 Å². The van der Waals surface area contributed by atoms with Crippen molar-refractivity contribution in [3.05, 3.63) is 34.8 Å². The molecule has 0 spiro atoms. The quantitative estimate of drug-likeness (QED) is 0.622. The highest BCUT2D eigenvalue weighted by atomic mass is 32.1. The molecular weight excluding hydrogens is 384 g/mol. The number of benzene rings is 1. The summed E-state index contributed by atoms with van der Waals surface area (Å²) in [5.74, 6) is 0.909. The molecule has 1 aromatic carbocycles. The Labute approximate surface area is 176 Å². The number of hydrogen-bond acceptors (Lipinski definition) is 5. The van der Waals surface area contributed by atoms with Gasteiger partial charge in [0.1, 0.15) is 5.60 Å². The minimum Gasteiger partial charge on any atom is -0.443 e. The van der Waals surface area contributed by atoms with E-state index in [9.17, 15) is 4.79 Å². The molecule has 1 fully saturated rings. The first-order valence-corrected chi connectivity index (χ1v) is 11.3. The Morgan fingerprint density at radius 2 is 2.03 bits per heavy atom. The van der Waals surface area contributed by atoms with E-state index >= 15 is 0 Å². The number of carbonyl (C=O) groups is 1. The molecule has 6 heteroatoms. The van der Waals surface area contributed by atoms with E-state index in [4.69, 9.17) is 14.5 Å². The summed E-state index contributed by atoms with van der Waals surface area (Å²) >= 11 is 1.78. The van der Waals surface area contributed by atoms with E-state index in [2.05, 4.69) is 31.2 Å². The summed E-state index contributed by atoms with van der Waals surface area (Å²) in [6.45, 7) is 10.2. The van der Waals surface area contributed by atoms with Gasteiger partial charge < -0.3 is 9.47 Å². The van der Waals surface area contributed by atoms with Crippen LogP contribution in [0.3, 0.4) is 0 Å². The number of rotatable bonds is 2. The van der Waals surface area contributed by atoms with Crippen LogP contribution in [0.25, 0.3) is 15.9 Å². The Morgan fingerprint density at radius 1 is 1.28 bits per heavy atom. The Kier molecular flexibility index (Phi) is 5.67. The van der Waals surface area contributed by atoms with Crippen LogP contribution in [0.2, 0.25) is 0 Å². The number of thiazole rings is 1. The molecule has 1 atom stereocenters. The van der Waals surface area contributed by atoms with E-state index < -0.39 is 5.60 Å². The number of aromatic nitrogens is 1. The second-order valence-corrected chi connectivity index (χ2v) is 10.2. The molecule has 1 aromatic heterocycles. The second-order valence-electron chi connectivity index (χ2n) is 9.14. The van der Waals surface area contributed by atoms with Crippen LogP contribution in [0.4, 0.5) is 4.79 Å². The molecular formula is C23H30N2O3S. The molecule has 29 heavy (non-hydrogen) atoms. The second kappa shape index (κ2) is 8.07. The van der Waals surface area contributed by atoms with Crippen molar-refractivity contribution in [2.75, 3.05) is 19.8 Å². The van der Waals surface area contributed by atoms with Crippen molar-refractivity contribution in [2.24, 2.45) is 5.92 Å². The van der Waals surface area contributed by atoms with Gasteiger partial charge in [-0.05, 0) is 58.1 Å². The lowest BCUT2D eigenvalue weighted by Gasteiger charge is -2.33. The SMILES string of the molecule is C[C@H]1CC=C(c2ccc3sc(C4CCOCC4)nc3c2)N(C(=O)OC(C)(C)C)C1. The Balaban J connectivity index is 1.63. The first-order valence-electron chi connectivity index (χ1n) is 10.5. The van der Waals surface area contributed by atoms with Crippen molar-refractivity contribution in [3.8, 4) is 0 Å². The maximum Gasteiger partial charge on any atom is 0.414 e. The van der Waals surface area contributed by atoms with Crippen molar-refractivity contribution in [3.63, 3.8) is 0 Å². The molecule has 0 aliphatic carbocycles. The van der Waals surface area contributed by atoms with E-state index in [-0.39, 0.29) is 6.09 Å². The van der Waals surface area contributed by atoms with Crippen LogP contribution in [0.15, 0.2) is 24.3 Å². The summed E-state index contributed by atoms with van der Waals surface area (Å²) in [5.41, 5.74) is 2.46. The molecule has 0 unspecified atom stereocenters. The number of amides is 1. The zero-order valence-electron chi connectivity index (χ0n) is 17.7. The molecule has 4 rings (SSSR count). The minimum atomic E-state index is -0.514. The van der Waals surface area contributed by atoms with Gasteiger partial charge in [0.2, 0.25) is 0 Å². The normalized spacial score (nSPS) is 21.3. The van der Waals surface area contributed by atoms with E-state index in [1.807, 2.05) is 20.8 Å². The van der Waals surface area contributed by atoms with Crippen LogP contribution in [-0.2, 0) is 9.47 Å². The standard InChI is InChI=1S/C23H30N2O3S/c1-15-5-7-19(25(14-15)22(26)28-23(2,3)4)17-6-8-20-18(13-17)24-21(29-20)16-9-11-27-12-10-16/h6-8,13,15-16H,5,9-12,14H2,1-4H3/t15-/m0/s1. The van der Waals surface area contributed by atoms with Gasteiger partial charge in [0, 0.05) is 31.2 Å². The summed E-state index contributed by atoms with van der Waals surface area (Å²) in [5, 5.41) is 1.20. The number of carbonyl (C=O) groups excluding carboxylic acids is 1. The molecule has 3 heterocycles. The van der Waals surface area contributed by atoms with E-state index in [1.54, 1.807) is 16.2 Å². The van der Waals surface area contributed by atoms with E-state index in [0.717, 1.165) is 49.3 Å². The van der Waals surface area contributed by atoms with Crippen LogP contribution in [0.5, 0.6) is 0 Å². The Bertz CT molecular complexity index is 922. The zero-order valence-corrected chi connectivity index (χ0v) is 18.6. The van der Waals surface area contributed by atoms with E-state index in [1.165, 1.54) is 9.71 Å². The van der Waals surface area contributed by atoms with Crippen molar-refractivity contribution in [1.82, 2.24) is 9.88 Å². The Hall–Kier alpha value is -1.92. The van der Waals surface area contributed by atoms with Crippen molar-refractivity contribution in [1.29, 1.82) is 0 Å². The van der Waals surface area contributed by atoms with Gasteiger partial charge in [0.05, 0.1) is 20.9 Å². The number of nitrogens with zero attached hydrogens (tertiary/aromatic N) is 2. The topological polar surface area (TPSA) is 51.7 Å². The molecule has 0 radical (unpaired) electrons. The molecule has 2 aromatic rings. The van der Waals surface area contributed by atoms with Crippen LogP contribution >= 0.6 is 11.3 Å². The molecule has 0 saturated carbocycles. The smallest absolute Gasteiger partial charge is 0.414 e. The first kappa shape index (κ1) is 20.4.